The van der Waals surface area contributed by atoms with E-state index in [4.69, 9.17) is 4.74 Å². The second-order valence-electron chi connectivity index (χ2n) is 4.04. The fourth-order valence-electron chi connectivity index (χ4n) is 1.91. The first kappa shape index (κ1) is 10.5. The van der Waals surface area contributed by atoms with Crippen molar-refractivity contribution < 1.29 is 9.84 Å². The molecule has 2 rings (SSSR count). The molecule has 0 aliphatic carbocycles. The van der Waals surface area contributed by atoms with Crippen LogP contribution in [0.1, 0.15) is 12.5 Å². The number of hydrogen-bond acceptors (Lipinski definition) is 3. The summed E-state index contributed by atoms with van der Waals surface area (Å²) in [4.78, 5) is 2.22. The van der Waals surface area contributed by atoms with Crippen LogP contribution in [0.15, 0.2) is 24.3 Å². The average molecular weight is 207 g/mol. The lowest BCUT2D eigenvalue weighted by Crippen LogP contribution is -2.32. The number of β-amino-alcohol motifs (C(OH)–C–C–N with tert-alkyl or cyclic N) is 1. The van der Waals surface area contributed by atoms with Crippen LogP contribution in [0.3, 0.4) is 0 Å². The van der Waals surface area contributed by atoms with Gasteiger partial charge in [0.25, 0.3) is 0 Å². The zero-order valence-corrected chi connectivity index (χ0v) is 9.02. The lowest BCUT2D eigenvalue weighted by molar-refractivity contribution is 0.117. The molecule has 82 valence electrons. The Hall–Kier alpha value is -1.06. The summed E-state index contributed by atoms with van der Waals surface area (Å²) in [6.45, 7) is 4.96. The van der Waals surface area contributed by atoms with E-state index in [9.17, 15) is 5.11 Å². The Morgan fingerprint density at radius 2 is 2.27 bits per heavy atom. The maximum atomic E-state index is 9.36. The number of nitrogens with zero attached hydrogens (tertiary/aromatic N) is 1. The van der Waals surface area contributed by atoms with E-state index >= 15 is 0 Å². The van der Waals surface area contributed by atoms with E-state index in [0.717, 1.165) is 18.8 Å². The zero-order chi connectivity index (χ0) is 10.7. The molecule has 0 amide bonds. The van der Waals surface area contributed by atoms with Crippen molar-refractivity contribution in [1.82, 2.24) is 4.90 Å². The Morgan fingerprint density at radius 1 is 1.47 bits per heavy atom. The summed E-state index contributed by atoms with van der Waals surface area (Å²) in [6, 6.07) is 8.09. The monoisotopic (exact) mass is 207 g/mol. The molecule has 1 atom stereocenters. The average Bonchev–Trinajstić information content (AvgIpc) is 2.38. The van der Waals surface area contributed by atoms with Crippen molar-refractivity contribution in [3.63, 3.8) is 0 Å². The Labute approximate surface area is 90.3 Å². The number of aliphatic hydroxyl groups is 1. The number of benzene rings is 1. The SMILES string of the molecule is C[C@H](O)CN1CCOc2ccccc2C1. The summed E-state index contributed by atoms with van der Waals surface area (Å²) in [7, 11) is 0. The molecule has 15 heavy (non-hydrogen) atoms. The van der Waals surface area contributed by atoms with E-state index < -0.39 is 0 Å². The van der Waals surface area contributed by atoms with Crippen molar-refractivity contribution in [2.24, 2.45) is 0 Å². The van der Waals surface area contributed by atoms with Gasteiger partial charge in [-0.1, -0.05) is 18.2 Å². The molecular formula is C12H17NO2. The van der Waals surface area contributed by atoms with Gasteiger partial charge in [-0.05, 0) is 13.0 Å². The van der Waals surface area contributed by atoms with Crippen molar-refractivity contribution in [1.29, 1.82) is 0 Å². The number of hydrogen-bond donors (Lipinski definition) is 1. The minimum atomic E-state index is -0.282. The van der Waals surface area contributed by atoms with Crippen LogP contribution in [0, 0.1) is 0 Å². The zero-order valence-electron chi connectivity index (χ0n) is 9.02. The summed E-state index contributed by atoms with van der Waals surface area (Å²) in [5.41, 5.74) is 1.20. The summed E-state index contributed by atoms with van der Waals surface area (Å²) in [6.07, 6.45) is -0.282. The van der Waals surface area contributed by atoms with Gasteiger partial charge >= 0.3 is 0 Å². The molecule has 1 aromatic rings. The van der Waals surface area contributed by atoms with Gasteiger partial charge in [0.05, 0.1) is 6.10 Å². The third-order valence-electron chi connectivity index (χ3n) is 2.55. The number of ether oxygens (including phenoxy) is 1. The predicted molar refractivity (Wildman–Crippen MR) is 58.9 cm³/mol. The molecule has 0 spiro atoms. The molecule has 0 aromatic heterocycles. The Kier molecular flexibility index (Phi) is 3.23. The van der Waals surface area contributed by atoms with Gasteiger partial charge in [0, 0.05) is 25.2 Å². The molecule has 0 saturated heterocycles. The molecule has 1 aliphatic rings. The Balaban J connectivity index is 2.10. The van der Waals surface area contributed by atoms with Crippen LogP contribution in [0.4, 0.5) is 0 Å². The van der Waals surface area contributed by atoms with Crippen molar-refractivity contribution in [3.05, 3.63) is 29.8 Å². The topological polar surface area (TPSA) is 32.7 Å². The number of para-hydroxylation sites is 1. The number of aliphatic hydroxyl groups excluding tert-OH is 1. The third-order valence-corrected chi connectivity index (χ3v) is 2.55. The molecule has 1 aliphatic heterocycles. The van der Waals surface area contributed by atoms with Crippen LogP contribution in [0.2, 0.25) is 0 Å². The second-order valence-corrected chi connectivity index (χ2v) is 4.04. The van der Waals surface area contributed by atoms with Crippen molar-refractivity contribution in [2.45, 2.75) is 19.6 Å². The van der Waals surface area contributed by atoms with Gasteiger partial charge in [-0.25, -0.2) is 0 Å². The number of rotatable bonds is 2. The van der Waals surface area contributed by atoms with Gasteiger partial charge in [0.15, 0.2) is 0 Å². The van der Waals surface area contributed by atoms with Gasteiger partial charge in [0.2, 0.25) is 0 Å². The first-order valence-corrected chi connectivity index (χ1v) is 5.37. The van der Waals surface area contributed by atoms with Gasteiger partial charge < -0.3 is 9.84 Å². The van der Waals surface area contributed by atoms with Crippen LogP contribution >= 0.6 is 0 Å². The van der Waals surface area contributed by atoms with Crippen molar-refractivity contribution in [2.75, 3.05) is 19.7 Å². The van der Waals surface area contributed by atoms with Crippen LogP contribution in [0.5, 0.6) is 5.75 Å². The van der Waals surface area contributed by atoms with Gasteiger partial charge in [-0.15, -0.1) is 0 Å². The molecule has 3 heteroatoms. The van der Waals surface area contributed by atoms with Crippen LogP contribution in [0.25, 0.3) is 0 Å². The van der Waals surface area contributed by atoms with Crippen LogP contribution in [-0.2, 0) is 6.54 Å². The Bertz CT molecular complexity index is 325. The van der Waals surface area contributed by atoms with E-state index in [-0.39, 0.29) is 6.10 Å². The summed E-state index contributed by atoms with van der Waals surface area (Å²) in [5.74, 6) is 0.977. The first-order valence-electron chi connectivity index (χ1n) is 5.37. The fraction of sp³-hybridized carbons (Fsp3) is 0.500. The molecule has 0 bridgehead atoms. The lowest BCUT2D eigenvalue weighted by atomic mass is 10.2. The standard InChI is InChI=1S/C12H17NO2/c1-10(14)8-13-6-7-15-12-5-3-2-4-11(12)9-13/h2-5,10,14H,6-9H2,1H3/t10-/m0/s1. The normalized spacial score (nSPS) is 18.8. The van der Waals surface area contributed by atoms with E-state index in [0.29, 0.717) is 13.2 Å². The van der Waals surface area contributed by atoms with E-state index in [2.05, 4.69) is 11.0 Å². The molecule has 0 unspecified atom stereocenters. The molecule has 3 nitrogen and oxygen atoms in total. The molecule has 0 saturated carbocycles. The van der Waals surface area contributed by atoms with Gasteiger partial charge in [0.1, 0.15) is 12.4 Å². The van der Waals surface area contributed by atoms with Crippen molar-refractivity contribution >= 4 is 0 Å². The second kappa shape index (κ2) is 4.64. The highest BCUT2D eigenvalue weighted by molar-refractivity contribution is 5.33. The highest BCUT2D eigenvalue weighted by Crippen LogP contribution is 2.22. The largest absolute Gasteiger partial charge is 0.492 e. The first-order chi connectivity index (χ1) is 7.25. The maximum absolute atomic E-state index is 9.36. The predicted octanol–water partition coefficient (Wildman–Crippen LogP) is 1.26. The minimum absolute atomic E-state index is 0.282. The molecule has 1 heterocycles. The molecular weight excluding hydrogens is 190 g/mol. The molecule has 1 N–H and O–H groups in total. The summed E-state index contributed by atoms with van der Waals surface area (Å²) < 4.78 is 5.64. The molecule has 1 aromatic carbocycles. The highest BCUT2D eigenvalue weighted by atomic mass is 16.5. The molecule has 0 fully saturated rings. The molecule has 0 radical (unpaired) electrons. The van der Waals surface area contributed by atoms with Crippen LogP contribution < -0.4 is 4.74 Å². The maximum Gasteiger partial charge on any atom is 0.123 e. The van der Waals surface area contributed by atoms with Crippen molar-refractivity contribution in [3.8, 4) is 5.75 Å². The quantitative estimate of drug-likeness (QED) is 0.792. The van der Waals surface area contributed by atoms with Gasteiger partial charge in [-0.3, -0.25) is 4.90 Å². The lowest BCUT2D eigenvalue weighted by Gasteiger charge is -2.20. The Morgan fingerprint density at radius 3 is 3.07 bits per heavy atom. The minimum Gasteiger partial charge on any atom is -0.492 e. The summed E-state index contributed by atoms with van der Waals surface area (Å²) >= 11 is 0. The summed E-state index contributed by atoms with van der Waals surface area (Å²) in [5, 5.41) is 9.36. The van der Waals surface area contributed by atoms with Gasteiger partial charge in [-0.2, -0.15) is 0 Å². The van der Waals surface area contributed by atoms with E-state index in [1.54, 1.807) is 0 Å². The smallest absolute Gasteiger partial charge is 0.123 e. The highest BCUT2D eigenvalue weighted by Gasteiger charge is 2.15. The fourth-order valence-corrected chi connectivity index (χ4v) is 1.91. The van der Waals surface area contributed by atoms with Crippen LogP contribution in [-0.4, -0.2) is 35.8 Å². The third kappa shape index (κ3) is 2.70. The van der Waals surface area contributed by atoms with E-state index in [1.807, 2.05) is 25.1 Å². The van der Waals surface area contributed by atoms with E-state index in [1.165, 1.54) is 5.56 Å². The number of fused-ring (bicyclic) bond motifs is 1.